The Hall–Kier alpha value is -1.75. The number of benzene rings is 1. The molecule has 1 aliphatic rings. The average Bonchev–Trinajstić information content (AvgIpc) is 2.46. The summed E-state index contributed by atoms with van der Waals surface area (Å²) in [5.74, 6) is 0.580. The van der Waals surface area contributed by atoms with Crippen molar-refractivity contribution in [2.75, 3.05) is 40.0 Å². The number of carbonyl (C=O) groups excluding carboxylic acids is 1. The second-order valence-electron chi connectivity index (χ2n) is 5.47. The molecule has 5 heteroatoms. The molecule has 20 heavy (non-hydrogen) atoms. The second kappa shape index (κ2) is 6.13. The van der Waals surface area contributed by atoms with Crippen LogP contribution < -0.4 is 10.5 Å². The van der Waals surface area contributed by atoms with Gasteiger partial charge in [0.05, 0.1) is 12.7 Å². The number of hydrogen-bond donors (Lipinski definition) is 1. The SMILES string of the molecule is COc1ccc(N)cc1C(=O)N1CCCC(N(C)C)C1. The van der Waals surface area contributed by atoms with E-state index >= 15 is 0 Å². The molecule has 1 amide bonds. The Labute approximate surface area is 120 Å². The Kier molecular flexibility index (Phi) is 4.49. The van der Waals surface area contributed by atoms with Crippen LogP contribution >= 0.6 is 0 Å². The van der Waals surface area contributed by atoms with Gasteiger partial charge in [0.2, 0.25) is 0 Å². The number of nitrogens with two attached hydrogens (primary N) is 1. The van der Waals surface area contributed by atoms with Gasteiger partial charge >= 0.3 is 0 Å². The molecule has 0 aromatic heterocycles. The van der Waals surface area contributed by atoms with Gasteiger partial charge in [-0.15, -0.1) is 0 Å². The lowest BCUT2D eigenvalue weighted by Crippen LogP contribution is -2.47. The molecule has 1 saturated heterocycles. The van der Waals surface area contributed by atoms with Crippen molar-refractivity contribution in [1.29, 1.82) is 0 Å². The number of nitrogen functional groups attached to an aromatic ring is 1. The van der Waals surface area contributed by atoms with Crippen LogP contribution in [0.1, 0.15) is 23.2 Å². The van der Waals surface area contributed by atoms with E-state index in [0.29, 0.717) is 23.0 Å². The Morgan fingerprint density at radius 2 is 2.20 bits per heavy atom. The smallest absolute Gasteiger partial charge is 0.257 e. The van der Waals surface area contributed by atoms with E-state index in [1.54, 1.807) is 25.3 Å². The molecule has 0 radical (unpaired) electrons. The Bertz CT molecular complexity index is 488. The number of methoxy groups -OCH3 is 1. The predicted octanol–water partition coefficient (Wildman–Crippen LogP) is 1.44. The molecule has 110 valence electrons. The van der Waals surface area contributed by atoms with Gasteiger partial charge in [-0.2, -0.15) is 0 Å². The zero-order chi connectivity index (χ0) is 14.7. The van der Waals surface area contributed by atoms with Crippen LogP contribution in [0.5, 0.6) is 5.75 Å². The van der Waals surface area contributed by atoms with Gasteiger partial charge in [0.1, 0.15) is 5.75 Å². The lowest BCUT2D eigenvalue weighted by atomic mass is 10.0. The number of amides is 1. The van der Waals surface area contributed by atoms with Crippen molar-refractivity contribution in [2.24, 2.45) is 0 Å². The first-order chi connectivity index (χ1) is 9.52. The van der Waals surface area contributed by atoms with Crippen molar-refractivity contribution in [3.8, 4) is 5.75 Å². The molecule has 0 aliphatic carbocycles. The summed E-state index contributed by atoms with van der Waals surface area (Å²) in [5, 5.41) is 0. The molecule has 0 spiro atoms. The molecule has 2 N–H and O–H groups in total. The lowest BCUT2D eigenvalue weighted by Gasteiger charge is -2.36. The summed E-state index contributed by atoms with van der Waals surface area (Å²) in [6.07, 6.45) is 2.16. The van der Waals surface area contributed by atoms with Crippen LogP contribution in [0.3, 0.4) is 0 Å². The molecule has 0 bridgehead atoms. The van der Waals surface area contributed by atoms with E-state index in [9.17, 15) is 4.79 Å². The number of nitrogens with zero attached hydrogens (tertiary/aromatic N) is 2. The van der Waals surface area contributed by atoms with Gasteiger partial charge in [0, 0.05) is 24.8 Å². The normalized spacial score (nSPS) is 19.2. The molecule has 1 unspecified atom stereocenters. The maximum atomic E-state index is 12.7. The van der Waals surface area contributed by atoms with Crippen LogP contribution in [0, 0.1) is 0 Å². The van der Waals surface area contributed by atoms with Crippen LogP contribution in [-0.2, 0) is 0 Å². The van der Waals surface area contributed by atoms with Gasteiger partial charge in [-0.1, -0.05) is 0 Å². The highest BCUT2D eigenvalue weighted by Crippen LogP contribution is 2.24. The summed E-state index contributed by atoms with van der Waals surface area (Å²) in [4.78, 5) is 16.7. The van der Waals surface area contributed by atoms with Gasteiger partial charge in [-0.3, -0.25) is 4.79 Å². The van der Waals surface area contributed by atoms with Crippen LogP contribution in [0.25, 0.3) is 0 Å². The molecule has 1 heterocycles. The number of likely N-dealkylation sites (tertiary alicyclic amines) is 1. The summed E-state index contributed by atoms with van der Waals surface area (Å²) in [7, 11) is 5.68. The molecule has 0 saturated carbocycles. The van der Waals surface area contributed by atoms with Gasteiger partial charge in [0.25, 0.3) is 5.91 Å². The molecule has 1 aromatic rings. The molecule has 1 aliphatic heterocycles. The van der Waals surface area contributed by atoms with Crippen molar-refractivity contribution >= 4 is 11.6 Å². The Balaban J connectivity index is 2.20. The van der Waals surface area contributed by atoms with Crippen LogP contribution in [0.4, 0.5) is 5.69 Å². The number of piperidine rings is 1. The van der Waals surface area contributed by atoms with E-state index in [-0.39, 0.29) is 5.91 Å². The highest BCUT2D eigenvalue weighted by atomic mass is 16.5. The maximum Gasteiger partial charge on any atom is 0.257 e. The van der Waals surface area contributed by atoms with E-state index in [2.05, 4.69) is 19.0 Å². The maximum absolute atomic E-state index is 12.7. The molecule has 1 fully saturated rings. The minimum Gasteiger partial charge on any atom is -0.496 e. The number of hydrogen-bond acceptors (Lipinski definition) is 4. The van der Waals surface area contributed by atoms with Crippen molar-refractivity contribution in [2.45, 2.75) is 18.9 Å². The molecule has 1 atom stereocenters. The fraction of sp³-hybridized carbons (Fsp3) is 0.533. The van der Waals surface area contributed by atoms with E-state index in [0.717, 1.165) is 25.9 Å². The lowest BCUT2D eigenvalue weighted by molar-refractivity contribution is 0.0632. The van der Waals surface area contributed by atoms with Crippen molar-refractivity contribution < 1.29 is 9.53 Å². The van der Waals surface area contributed by atoms with E-state index in [4.69, 9.17) is 10.5 Å². The summed E-state index contributed by atoms with van der Waals surface area (Å²) < 4.78 is 5.27. The summed E-state index contributed by atoms with van der Waals surface area (Å²) in [6, 6.07) is 5.60. The van der Waals surface area contributed by atoms with Gasteiger partial charge in [0.15, 0.2) is 0 Å². The van der Waals surface area contributed by atoms with Gasteiger partial charge in [-0.05, 0) is 45.1 Å². The zero-order valence-electron chi connectivity index (χ0n) is 12.4. The predicted molar refractivity (Wildman–Crippen MR) is 80.0 cm³/mol. The zero-order valence-corrected chi connectivity index (χ0v) is 12.4. The first-order valence-corrected chi connectivity index (χ1v) is 6.92. The van der Waals surface area contributed by atoms with E-state index < -0.39 is 0 Å². The second-order valence-corrected chi connectivity index (χ2v) is 5.47. The Morgan fingerprint density at radius 3 is 2.85 bits per heavy atom. The molecule has 5 nitrogen and oxygen atoms in total. The van der Waals surface area contributed by atoms with Crippen LogP contribution in [-0.4, -0.2) is 56.0 Å². The van der Waals surface area contributed by atoms with Crippen LogP contribution in [0.15, 0.2) is 18.2 Å². The molecule has 2 rings (SSSR count). The number of rotatable bonds is 3. The first-order valence-electron chi connectivity index (χ1n) is 6.92. The van der Waals surface area contributed by atoms with E-state index in [1.165, 1.54) is 0 Å². The minimum atomic E-state index is 0.000648. The fourth-order valence-electron chi connectivity index (χ4n) is 2.62. The largest absolute Gasteiger partial charge is 0.496 e. The Morgan fingerprint density at radius 1 is 1.45 bits per heavy atom. The average molecular weight is 277 g/mol. The fourth-order valence-corrected chi connectivity index (χ4v) is 2.62. The van der Waals surface area contributed by atoms with E-state index in [1.807, 2.05) is 4.90 Å². The van der Waals surface area contributed by atoms with Crippen molar-refractivity contribution in [1.82, 2.24) is 9.80 Å². The molecular weight excluding hydrogens is 254 g/mol. The first kappa shape index (κ1) is 14.7. The van der Waals surface area contributed by atoms with Crippen molar-refractivity contribution in [3.63, 3.8) is 0 Å². The highest BCUT2D eigenvalue weighted by Gasteiger charge is 2.27. The third kappa shape index (κ3) is 3.04. The molecule has 1 aromatic carbocycles. The van der Waals surface area contributed by atoms with Crippen LogP contribution in [0.2, 0.25) is 0 Å². The van der Waals surface area contributed by atoms with Crippen molar-refractivity contribution in [3.05, 3.63) is 23.8 Å². The topological polar surface area (TPSA) is 58.8 Å². The van der Waals surface area contributed by atoms with Gasteiger partial charge < -0.3 is 20.3 Å². The quantitative estimate of drug-likeness (QED) is 0.849. The minimum absolute atomic E-state index is 0.000648. The monoisotopic (exact) mass is 277 g/mol. The molecular formula is C15H23N3O2. The standard InChI is InChI=1S/C15H23N3O2/c1-17(2)12-5-4-8-18(10-12)15(19)13-9-11(16)6-7-14(13)20-3/h6-7,9,12H,4-5,8,10,16H2,1-3H3. The summed E-state index contributed by atoms with van der Waals surface area (Å²) in [6.45, 7) is 1.55. The number of ether oxygens (including phenoxy) is 1. The number of anilines is 1. The summed E-state index contributed by atoms with van der Waals surface area (Å²) in [5.41, 5.74) is 6.92. The number of carbonyl (C=O) groups is 1. The third-order valence-electron chi connectivity index (χ3n) is 3.87. The third-order valence-corrected chi connectivity index (χ3v) is 3.87. The summed E-state index contributed by atoms with van der Waals surface area (Å²) >= 11 is 0. The highest BCUT2D eigenvalue weighted by molar-refractivity contribution is 5.98. The number of likely N-dealkylation sites (N-methyl/N-ethyl adjacent to an activating group) is 1. The van der Waals surface area contributed by atoms with Gasteiger partial charge in [-0.25, -0.2) is 0 Å².